The largest absolute Gasteiger partial charge is 0.454 e. The van der Waals surface area contributed by atoms with Crippen molar-refractivity contribution < 1.29 is 14.3 Å². The van der Waals surface area contributed by atoms with E-state index in [1.807, 2.05) is 36.7 Å². The highest BCUT2D eigenvalue weighted by Gasteiger charge is 2.39. The van der Waals surface area contributed by atoms with Crippen molar-refractivity contribution in [2.24, 2.45) is 5.92 Å². The van der Waals surface area contributed by atoms with Crippen LogP contribution >= 0.6 is 0 Å². The van der Waals surface area contributed by atoms with Gasteiger partial charge in [0.1, 0.15) is 0 Å². The molecule has 0 spiro atoms. The second-order valence-electron chi connectivity index (χ2n) is 7.96. The fourth-order valence-corrected chi connectivity index (χ4v) is 4.76. The Labute approximate surface area is 165 Å². The van der Waals surface area contributed by atoms with E-state index in [4.69, 9.17) is 9.47 Å². The number of piperidine rings is 2. The Morgan fingerprint density at radius 1 is 1.07 bits per heavy atom. The Balaban J connectivity index is 1.27. The van der Waals surface area contributed by atoms with E-state index in [-0.39, 0.29) is 12.7 Å². The summed E-state index contributed by atoms with van der Waals surface area (Å²) in [5.41, 5.74) is 2.36. The minimum Gasteiger partial charge on any atom is -0.454 e. The first-order valence-electron chi connectivity index (χ1n) is 10.1. The maximum Gasteiger partial charge on any atom is 0.231 e. The molecule has 146 valence electrons. The van der Waals surface area contributed by atoms with E-state index >= 15 is 0 Å². The monoisotopic (exact) mass is 379 g/mol. The Bertz CT molecular complexity index is 857. The maximum atomic E-state index is 12.7. The van der Waals surface area contributed by atoms with E-state index in [9.17, 15) is 4.79 Å². The first-order chi connectivity index (χ1) is 13.8. The summed E-state index contributed by atoms with van der Waals surface area (Å²) in [5, 5.41) is 0. The number of amides is 1. The number of hydrogen-bond donors (Lipinski definition) is 0. The van der Waals surface area contributed by atoms with Gasteiger partial charge >= 0.3 is 0 Å². The topological polar surface area (TPSA) is 54.9 Å². The zero-order chi connectivity index (χ0) is 18.9. The van der Waals surface area contributed by atoms with Crippen LogP contribution in [-0.2, 0) is 17.9 Å². The van der Waals surface area contributed by atoms with Crippen LogP contribution in [-0.4, -0.2) is 46.6 Å². The third kappa shape index (κ3) is 3.44. The molecule has 0 radical (unpaired) electrons. The molecule has 0 N–H and O–H groups in total. The van der Waals surface area contributed by atoms with Crippen LogP contribution < -0.4 is 9.47 Å². The van der Waals surface area contributed by atoms with Gasteiger partial charge < -0.3 is 14.4 Å². The Morgan fingerprint density at radius 2 is 2.00 bits per heavy atom. The van der Waals surface area contributed by atoms with E-state index in [1.54, 1.807) is 0 Å². The third-order valence-corrected chi connectivity index (χ3v) is 6.15. The molecular weight excluding hydrogens is 354 g/mol. The lowest BCUT2D eigenvalue weighted by Crippen LogP contribution is -2.55. The summed E-state index contributed by atoms with van der Waals surface area (Å²) < 4.78 is 10.9. The Hall–Kier alpha value is -2.60. The second kappa shape index (κ2) is 7.43. The number of nitrogens with zero attached hydrogens (tertiary/aromatic N) is 3. The minimum absolute atomic E-state index is 0.277. The highest BCUT2D eigenvalue weighted by atomic mass is 16.7. The molecule has 2 aromatic rings. The van der Waals surface area contributed by atoms with Crippen molar-refractivity contribution in [2.75, 3.05) is 19.9 Å². The number of hydrogen-bond acceptors (Lipinski definition) is 5. The molecule has 0 saturated carbocycles. The molecule has 5 rings (SSSR count). The Morgan fingerprint density at radius 3 is 2.89 bits per heavy atom. The van der Waals surface area contributed by atoms with Crippen LogP contribution in [0.2, 0.25) is 0 Å². The minimum atomic E-state index is 0.277. The van der Waals surface area contributed by atoms with E-state index in [2.05, 4.69) is 20.9 Å². The van der Waals surface area contributed by atoms with Gasteiger partial charge in [-0.25, -0.2) is 0 Å². The first-order valence-corrected chi connectivity index (χ1v) is 10.1. The van der Waals surface area contributed by atoms with Gasteiger partial charge in [-0.3, -0.25) is 14.7 Å². The fourth-order valence-electron chi connectivity index (χ4n) is 4.76. The van der Waals surface area contributed by atoms with E-state index in [0.29, 0.717) is 24.9 Å². The van der Waals surface area contributed by atoms with Crippen LogP contribution in [0.5, 0.6) is 11.5 Å². The summed E-state index contributed by atoms with van der Waals surface area (Å²) in [6, 6.07) is 10.5. The molecule has 0 bridgehead atoms. The van der Waals surface area contributed by atoms with E-state index in [1.165, 1.54) is 5.56 Å². The first kappa shape index (κ1) is 17.5. The summed E-state index contributed by atoms with van der Waals surface area (Å²) in [7, 11) is 0. The second-order valence-corrected chi connectivity index (χ2v) is 7.96. The molecule has 3 aliphatic heterocycles. The zero-order valence-corrected chi connectivity index (χ0v) is 15.9. The Kier molecular flexibility index (Phi) is 4.64. The van der Waals surface area contributed by atoms with Gasteiger partial charge in [-0.2, -0.15) is 0 Å². The molecule has 2 fully saturated rings. The lowest BCUT2D eigenvalue weighted by molar-refractivity contribution is -0.142. The molecule has 2 atom stereocenters. The lowest BCUT2D eigenvalue weighted by Gasteiger charge is -2.47. The fraction of sp³-hybridized carbons (Fsp3) is 0.455. The number of benzene rings is 1. The van der Waals surface area contributed by atoms with Crippen LogP contribution in [0.3, 0.4) is 0 Å². The van der Waals surface area contributed by atoms with Crippen LogP contribution in [0.4, 0.5) is 0 Å². The molecule has 3 aliphatic rings. The quantitative estimate of drug-likeness (QED) is 0.818. The van der Waals surface area contributed by atoms with Gasteiger partial charge in [-0.15, -0.1) is 0 Å². The molecule has 1 aromatic carbocycles. The average molecular weight is 379 g/mol. The molecule has 1 amide bonds. The van der Waals surface area contributed by atoms with Gasteiger partial charge in [0.2, 0.25) is 12.7 Å². The predicted molar refractivity (Wildman–Crippen MR) is 104 cm³/mol. The van der Waals surface area contributed by atoms with Crippen molar-refractivity contribution in [2.45, 2.75) is 38.4 Å². The summed E-state index contributed by atoms with van der Waals surface area (Å²) in [6.07, 6.45) is 6.43. The van der Waals surface area contributed by atoms with Gasteiger partial charge in [-0.1, -0.05) is 12.1 Å². The molecular formula is C22H25N3O3. The SMILES string of the molecule is O=C1CC[C@@H]2CN(Cc3cccnc3)CC[C@@H]2N1Cc1ccc2c(c1)OCO2. The average Bonchev–Trinajstić information content (AvgIpc) is 3.19. The zero-order valence-electron chi connectivity index (χ0n) is 15.9. The van der Waals surface area contributed by atoms with Crippen molar-refractivity contribution in [3.05, 3.63) is 53.9 Å². The van der Waals surface area contributed by atoms with Gasteiger partial charge in [0.25, 0.3) is 0 Å². The normalized spacial score (nSPS) is 24.3. The summed E-state index contributed by atoms with van der Waals surface area (Å²) in [6.45, 7) is 3.93. The van der Waals surface area contributed by atoms with Crippen molar-refractivity contribution in [3.63, 3.8) is 0 Å². The molecule has 28 heavy (non-hydrogen) atoms. The number of ether oxygens (including phenoxy) is 2. The number of fused-ring (bicyclic) bond motifs is 2. The van der Waals surface area contributed by atoms with E-state index < -0.39 is 0 Å². The molecule has 4 heterocycles. The number of carbonyl (C=O) groups is 1. The van der Waals surface area contributed by atoms with Crippen molar-refractivity contribution >= 4 is 5.91 Å². The third-order valence-electron chi connectivity index (χ3n) is 6.15. The summed E-state index contributed by atoms with van der Waals surface area (Å²) in [5.74, 6) is 2.39. The van der Waals surface area contributed by atoms with Gasteiger partial charge in [-0.05, 0) is 48.1 Å². The van der Waals surface area contributed by atoms with Crippen molar-refractivity contribution in [1.82, 2.24) is 14.8 Å². The maximum absolute atomic E-state index is 12.7. The van der Waals surface area contributed by atoms with Gasteiger partial charge in [0, 0.05) is 51.0 Å². The standard InChI is InChI=1S/C22H25N3O3/c26-22-6-4-18-14-24(12-17-2-1-8-23-11-17)9-7-19(18)25(22)13-16-3-5-20-21(10-16)28-15-27-20/h1-3,5,8,10-11,18-19H,4,6-7,9,12-15H2/t18-,19+/m1/s1. The molecule has 0 aliphatic carbocycles. The van der Waals surface area contributed by atoms with Crippen molar-refractivity contribution in [1.29, 1.82) is 0 Å². The summed E-state index contributed by atoms with van der Waals surface area (Å²) in [4.78, 5) is 21.5. The number of likely N-dealkylation sites (tertiary alicyclic amines) is 2. The van der Waals surface area contributed by atoms with Gasteiger partial charge in [0.05, 0.1) is 0 Å². The summed E-state index contributed by atoms with van der Waals surface area (Å²) >= 11 is 0. The van der Waals surface area contributed by atoms with Crippen LogP contribution in [0.1, 0.15) is 30.4 Å². The van der Waals surface area contributed by atoms with Crippen molar-refractivity contribution in [3.8, 4) is 11.5 Å². The van der Waals surface area contributed by atoms with Crippen LogP contribution in [0.25, 0.3) is 0 Å². The number of rotatable bonds is 4. The highest BCUT2D eigenvalue weighted by molar-refractivity contribution is 5.77. The number of pyridine rings is 1. The lowest BCUT2D eigenvalue weighted by atomic mass is 9.83. The molecule has 1 aromatic heterocycles. The van der Waals surface area contributed by atoms with E-state index in [0.717, 1.165) is 49.5 Å². The van der Waals surface area contributed by atoms with Crippen LogP contribution in [0, 0.1) is 5.92 Å². The molecule has 6 nitrogen and oxygen atoms in total. The molecule has 0 unspecified atom stereocenters. The smallest absolute Gasteiger partial charge is 0.231 e. The number of aromatic nitrogens is 1. The highest BCUT2D eigenvalue weighted by Crippen LogP contribution is 2.36. The molecule has 6 heteroatoms. The number of carbonyl (C=O) groups excluding carboxylic acids is 1. The predicted octanol–water partition coefficient (Wildman–Crippen LogP) is 2.82. The molecule has 2 saturated heterocycles. The van der Waals surface area contributed by atoms with Gasteiger partial charge in [0.15, 0.2) is 11.5 Å². The van der Waals surface area contributed by atoms with Crippen LogP contribution in [0.15, 0.2) is 42.7 Å².